The fourth-order valence-corrected chi connectivity index (χ4v) is 3.65. The van der Waals surface area contributed by atoms with Gasteiger partial charge in [-0.05, 0) is 33.6 Å². The Morgan fingerprint density at radius 3 is 2.23 bits per heavy atom. The molecule has 9 heteroatoms. The highest BCUT2D eigenvalue weighted by atomic mass is 32.2. The fourth-order valence-electron chi connectivity index (χ4n) is 3.18. The van der Waals surface area contributed by atoms with Crippen LogP contribution in [-0.4, -0.2) is 61.0 Å². The first-order valence-electron chi connectivity index (χ1n) is 6.87. The number of carbonyl (C=O) groups is 2. The molecule has 2 aliphatic heterocycles. The number of fused-ring (bicyclic) bond motifs is 1. The lowest BCUT2D eigenvalue weighted by atomic mass is 9.62. The molecule has 0 radical (unpaired) electrons. The van der Waals surface area contributed by atoms with Crippen LogP contribution in [0.4, 0.5) is 4.79 Å². The van der Waals surface area contributed by atoms with Gasteiger partial charge in [-0.25, -0.2) is 9.59 Å². The molecule has 0 aromatic heterocycles. The van der Waals surface area contributed by atoms with Gasteiger partial charge < -0.3 is 9.84 Å². The van der Waals surface area contributed by atoms with E-state index in [1.807, 2.05) is 0 Å². The van der Waals surface area contributed by atoms with Gasteiger partial charge in [0.2, 0.25) is 0 Å². The second kappa shape index (κ2) is 4.82. The van der Waals surface area contributed by atoms with Gasteiger partial charge in [-0.1, -0.05) is 0 Å². The summed E-state index contributed by atoms with van der Waals surface area (Å²) < 4.78 is 32.3. The molecule has 1 N–H and O–H groups in total. The standard InChI is InChI=1S/C13H21NO7S/c1-11(2,3)21-10(17)14-7-12(8-20-22(4,18)19)5-13(14,6-12)9(15)16/h5-8H2,1-4H3,(H,15,16). The fraction of sp³-hybridized carbons (Fsp3) is 0.846. The lowest BCUT2D eigenvalue weighted by molar-refractivity contribution is -0.155. The summed E-state index contributed by atoms with van der Waals surface area (Å²) >= 11 is 0. The minimum atomic E-state index is -3.61. The van der Waals surface area contributed by atoms with Crippen molar-refractivity contribution in [2.24, 2.45) is 5.41 Å². The first-order chi connectivity index (χ1) is 9.79. The Kier molecular flexibility index (Phi) is 3.73. The second-order valence-corrected chi connectivity index (χ2v) is 8.87. The van der Waals surface area contributed by atoms with Crippen molar-refractivity contribution in [2.75, 3.05) is 19.4 Å². The zero-order chi connectivity index (χ0) is 17.0. The van der Waals surface area contributed by atoms with Gasteiger partial charge in [-0.3, -0.25) is 9.08 Å². The van der Waals surface area contributed by atoms with Crippen LogP contribution in [0.3, 0.4) is 0 Å². The van der Waals surface area contributed by atoms with Crippen LogP contribution in [0.1, 0.15) is 33.6 Å². The van der Waals surface area contributed by atoms with Gasteiger partial charge >= 0.3 is 12.1 Å². The van der Waals surface area contributed by atoms with E-state index >= 15 is 0 Å². The van der Waals surface area contributed by atoms with Gasteiger partial charge in [0.15, 0.2) is 0 Å². The number of nitrogens with zero attached hydrogens (tertiary/aromatic N) is 1. The van der Waals surface area contributed by atoms with Gasteiger partial charge in [0.25, 0.3) is 10.1 Å². The lowest BCUT2D eigenvalue weighted by Crippen LogP contribution is -2.58. The maximum Gasteiger partial charge on any atom is 0.411 e. The Hall–Kier alpha value is -1.35. The van der Waals surface area contributed by atoms with E-state index in [9.17, 15) is 23.1 Å². The molecule has 0 aromatic rings. The van der Waals surface area contributed by atoms with Crippen LogP contribution in [0.2, 0.25) is 0 Å². The van der Waals surface area contributed by atoms with Crippen molar-refractivity contribution in [1.29, 1.82) is 0 Å². The number of amides is 1. The van der Waals surface area contributed by atoms with Crippen molar-refractivity contribution in [3.05, 3.63) is 0 Å². The molecule has 8 nitrogen and oxygen atoms in total. The predicted molar refractivity (Wildman–Crippen MR) is 75.8 cm³/mol. The van der Waals surface area contributed by atoms with Gasteiger partial charge in [0.05, 0.1) is 12.9 Å². The number of hydrogen-bond donors (Lipinski definition) is 1. The zero-order valence-electron chi connectivity index (χ0n) is 13.1. The first kappa shape index (κ1) is 17.0. The molecule has 2 heterocycles. The second-order valence-electron chi connectivity index (χ2n) is 7.22. The van der Waals surface area contributed by atoms with Crippen molar-refractivity contribution in [3.63, 3.8) is 0 Å². The molecule has 1 aliphatic carbocycles. The quantitative estimate of drug-likeness (QED) is 0.757. The Morgan fingerprint density at radius 1 is 1.27 bits per heavy atom. The van der Waals surface area contributed by atoms with Crippen LogP contribution in [0, 0.1) is 5.41 Å². The molecule has 1 saturated carbocycles. The van der Waals surface area contributed by atoms with Crippen molar-refractivity contribution in [3.8, 4) is 0 Å². The number of rotatable bonds is 4. The maximum atomic E-state index is 12.2. The lowest BCUT2D eigenvalue weighted by Gasteiger charge is -2.43. The molecule has 3 fully saturated rings. The molecule has 0 spiro atoms. The minimum Gasteiger partial charge on any atom is -0.479 e. The largest absolute Gasteiger partial charge is 0.479 e. The number of ether oxygens (including phenoxy) is 1. The molecule has 1 amide bonds. The van der Waals surface area contributed by atoms with Crippen LogP contribution < -0.4 is 0 Å². The molecule has 3 aliphatic rings. The topological polar surface area (TPSA) is 110 Å². The van der Waals surface area contributed by atoms with Crippen LogP contribution in [0.25, 0.3) is 0 Å². The third-order valence-corrected chi connectivity index (χ3v) is 4.48. The average Bonchev–Trinajstić information content (AvgIpc) is 2.73. The van der Waals surface area contributed by atoms with Gasteiger partial charge in [-0.2, -0.15) is 8.42 Å². The molecule has 3 rings (SSSR count). The highest BCUT2D eigenvalue weighted by Gasteiger charge is 2.71. The van der Waals surface area contributed by atoms with Crippen LogP contribution in [-0.2, 0) is 23.8 Å². The van der Waals surface area contributed by atoms with E-state index in [1.54, 1.807) is 20.8 Å². The van der Waals surface area contributed by atoms with E-state index < -0.39 is 38.7 Å². The number of aliphatic carboxylic acids is 1. The summed E-state index contributed by atoms with van der Waals surface area (Å²) in [4.78, 5) is 25.0. The molecule has 22 heavy (non-hydrogen) atoms. The van der Waals surface area contributed by atoms with Gasteiger partial charge in [0, 0.05) is 12.0 Å². The number of hydrogen-bond acceptors (Lipinski definition) is 6. The Morgan fingerprint density at radius 2 is 1.82 bits per heavy atom. The monoisotopic (exact) mass is 335 g/mol. The Bertz CT molecular complexity index is 598. The van der Waals surface area contributed by atoms with E-state index in [0.29, 0.717) is 0 Å². The summed E-state index contributed by atoms with van der Waals surface area (Å²) in [6.07, 6.45) is 0.579. The van der Waals surface area contributed by atoms with Crippen molar-refractivity contribution in [1.82, 2.24) is 4.90 Å². The average molecular weight is 335 g/mol. The van der Waals surface area contributed by atoms with Crippen LogP contribution in [0.15, 0.2) is 0 Å². The minimum absolute atomic E-state index is 0.115. The number of carbonyl (C=O) groups excluding carboxylic acids is 1. The molecule has 2 saturated heterocycles. The maximum absolute atomic E-state index is 12.2. The normalized spacial score (nSPS) is 30.8. The Labute approximate surface area is 129 Å². The molecule has 126 valence electrons. The molecule has 0 atom stereocenters. The van der Waals surface area contributed by atoms with E-state index in [2.05, 4.69) is 0 Å². The van der Waals surface area contributed by atoms with Crippen molar-refractivity contribution in [2.45, 2.75) is 44.8 Å². The summed E-state index contributed by atoms with van der Waals surface area (Å²) in [6, 6.07) is 0. The molecular weight excluding hydrogens is 314 g/mol. The molecular formula is C13H21NO7S. The van der Waals surface area contributed by atoms with Crippen LogP contribution in [0.5, 0.6) is 0 Å². The van der Waals surface area contributed by atoms with E-state index in [4.69, 9.17) is 8.92 Å². The Balaban J connectivity index is 2.15. The summed E-state index contributed by atoms with van der Waals surface area (Å²) in [6.45, 7) is 5.08. The third-order valence-electron chi connectivity index (χ3n) is 3.94. The van der Waals surface area contributed by atoms with Gasteiger partial charge in [0.1, 0.15) is 11.1 Å². The van der Waals surface area contributed by atoms with Crippen molar-refractivity contribution >= 4 is 22.2 Å². The zero-order valence-corrected chi connectivity index (χ0v) is 13.9. The summed E-state index contributed by atoms with van der Waals surface area (Å²) in [7, 11) is -3.61. The van der Waals surface area contributed by atoms with Crippen molar-refractivity contribution < 1.29 is 32.0 Å². The summed E-state index contributed by atoms with van der Waals surface area (Å²) in [5.41, 5.74) is -2.69. The predicted octanol–water partition coefficient (Wildman–Crippen LogP) is 0.817. The molecule has 2 bridgehead atoms. The SMILES string of the molecule is CC(C)(C)OC(=O)N1CC2(COS(C)(=O)=O)CC1(C(=O)O)C2. The highest BCUT2D eigenvalue weighted by Crippen LogP contribution is 2.60. The summed E-state index contributed by atoms with van der Waals surface area (Å²) in [5.74, 6) is -1.11. The van der Waals surface area contributed by atoms with E-state index in [1.165, 1.54) is 4.90 Å². The smallest absolute Gasteiger partial charge is 0.411 e. The van der Waals surface area contributed by atoms with Crippen LogP contribution >= 0.6 is 0 Å². The molecule has 0 aromatic carbocycles. The third kappa shape index (κ3) is 3.05. The van der Waals surface area contributed by atoms with E-state index in [0.717, 1.165) is 6.26 Å². The van der Waals surface area contributed by atoms with Gasteiger partial charge in [-0.15, -0.1) is 0 Å². The summed E-state index contributed by atoms with van der Waals surface area (Å²) in [5, 5.41) is 9.46. The first-order valence-corrected chi connectivity index (χ1v) is 8.69. The number of carboxylic acids is 1. The van der Waals surface area contributed by atoms with E-state index in [-0.39, 0.29) is 26.0 Å². The number of carboxylic acid groups (broad SMARTS) is 1. The highest BCUT2D eigenvalue weighted by molar-refractivity contribution is 7.85. The molecule has 0 unspecified atom stereocenters.